The highest BCUT2D eigenvalue weighted by molar-refractivity contribution is 7.90. The maximum atomic E-state index is 11.9. The highest BCUT2D eigenvalue weighted by Gasteiger charge is 2.15. The number of rotatable bonds is 6. The highest BCUT2D eigenvalue weighted by atomic mass is 32.2. The molecule has 0 saturated heterocycles. The smallest absolute Gasteiger partial charge is 0.154 e. The SMILES string of the molecule is CCC(C)CS(=O)(=O)Cc1ccc(CN)cc1. The summed E-state index contributed by atoms with van der Waals surface area (Å²) in [6.07, 6.45) is 0.894. The van der Waals surface area contributed by atoms with Gasteiger partial charge in [0.2, 0.25) is 0 Å². The average Bonchev–Trinajstić information content (AvgIpc) is 2.28. The van der Waals surface area contributed by atoms with Gasteiger partial charge in [-0.3, -0.25) is 0 Å². The lowest BCUT2D eigenvalue weighted by molar-refractivity contribution is 0.563. The third kappa shape index (κ3) is 4.88. The number of benzene rings is 1. The Hall–Kier alpha value is -0.870. The summed E-state index contributed by atoms with van der Waals surface area (Å²) in [4.78, 5) is 0. The number of sulfone groups is 1. The Morgan fingerprint density at radius 1 is 1.18 bits per heavy atom. The van der Waals surface area contributed by atoms with Crippen LogP contribution in [0.15, 0.2) is 24.3 Å². The largest absolute Gasteiger partial charge is 0.326 e. The Kier molecular flexibility index (Phi) is 5.15. The van der Waals surface area contributed by atoms with E-state index >= 15 is 0 Å². The van der Waals surface area contributed by atoms with E-state index in [1.54, 1.807) is 0 Å². The van der Waals surface area contributed by atoms with E-state index < -0.39 is 9.84 Å². The van der Waals surface area contributed by atoms with Crippen molar-refractivity contribution in [2.75, 3.05) is 5.75 Å². The lowest BCUT2D eigenvalue weighted by Gasteiger charge is -2.09. The molecule has 2 N–H and O–H groups in total. The molecule has 0 aliphatic rings. The summed E-state index contributed by atoms with van der Waals surface area (Å²) in [5.74, 6) is 0.618. The maximum absolute atomic E-state index is 11.9. The van der Waals surface area contributed by atoms with E-state index in [9.17, 15) is 8.42 Å². The lowest BCUT2D eigenvalue weighted by atomic mass is 10.1. The fraction of sp³-hybridized carbons (Fsp3) is 0.538. The zero-order valence-corrected chi connectivity index (χ0v) is 11.3. The van der Waals surface area contributed by atoms with Crippen LogP contribution in [-0.4, -0.2) is 14.2 Å². The van der Waals surface area contributed by atoms with Crippen LogP contribution in [0, 0.1) is 5.92 Å². The molecule has 0 aliphatic carbocycles. The molecule has 0 amide bonds. The van der Waals surface area contributed by atoms with Gasteiger partial charge >= 0.3 is 0 Å². The molecule has 1 atom stereocenters. The van der Waals surface area contributed by atoms with Gasteiger partial charge in [0.05, 0.1) is 11.5 Å². The normalized spacial score (nSPS) is 13.6. The molecule has 0 radical (unpaired) electrons. The van der Waals surface area contributed by atoms with Crippen LogP contribution in [0.5, 0.6) is 0 Å². The van der Waals surface area contributed by atoms with Crippen molar-refractivity contribution in [1.29, 1.82) is 0 Å². The lowest BCUT2D eigenvalue weighted by Crippen LogP contribution is -2.15. The topological polar surface area (TPSA) is 60.2 Å². The van der Waals surface area contributed by atoms with Gasteiger partial charge in [0.1, 0.15) is 0 Å². The van der Waals surface area contributed by atoms with Gasteiger partial charge in [-0.1, -0.05) is 44.5 Å². The van der Waals surface area contributed by atoms with E-state index in [-0.39, 0.29) is 17.4 Å². The molecule has 0 aromatic heterocycles. The first-order chi connectivity index (χ1) is 7.96. The van der Waals surface area contributed by atoms with Crippen molar-refractivity contribution < 1.29 is 8.42 Å². The molecule has 1 aromatic rings. The molecule has 1 unspecified atom stereocenters. The summed E-state index contributed by atoms with van der Waals surface area (Å²) in [6.45, 7) is 4.46. The predicted molar refractivity (Wildman–Crippen MR) is 71.3 cm³/mol. The summed E-state index contributed by atoms with van der Waals surface area (Å²) in [6, 6.07) is 7.45. The van der Waals surface area contributed by atoms with E-state index in [1.807, 2.05) is 38.1 Å². The first-order valence-corrected chi connectivity index (χ1v) is 7.77. The van der Waals surface area contributed by atoms with Crippen molar-refractivity contribution in [2.24, 2.45) is 11.7 Å². The Balaban J connectivity index is 2.69. The molecule has 4 heteroatoms. The molecule has 0 heterocycles. The quantitative estimate of drug-likeness (QED) is 0.847. The third-order valence-electron chi connectivity index (χ3n) is 2.88. The first-order valence-electron chi connectivity index (χ1n) is 5.95. The monoisotopic (exact) mass is 255 g/mol. The van der Waals surface area contributed by atoms with Gasteiger partial charge in [-0.15, -0.1) is 0 Å². The minimum absolute atomic E-state index is 0.127. The molecular formula is C13H21NO2S. The molecule has 0 aliphatic heterocycles. The molecule has 0 spiro atoms. The minimum atomic E-state index is -3.00. The molecule has 0 fully saturated rings. The van der Waals surface area contributed by atoms with E-state index in [0.29, 0.717) is 6.54 Å². The fourth-order valence-electron chi connectivity index (χ4n) is 1.64. The van der Waals surface area contributed by atoms with E-state index in [0.717, 1.165) is 17.5 Å². The van der Waals surface area contributed by atoms with E-state index in [2.05, 4.69) is 0 Å². The van der Waals surface area contributed by atoms with Crippen LogP contribution in [0.2, 0.25) is 0 Å². The Morgan fingerprint density at radius 3 is 2.18 bits per heavy atom. The predicted octanol–water partition coefficient (Wildman–Crippen LogP) is 2.11. The molecule has 3 nitrogen and oxygen atoms in total. The van der Waals surface area contributed by atoms with Gasteiger partial charge < -0.3 is 5.73 Å². The summed E-state index contributed by atoms with van der Waals surface area (Å²) in [5.41, 5.74) is 7.35. The molecule has 96 valence electrons. The van der Waals surface area contributed by atoms with Crippen LogP contribution in [0.4, 0.5) is 0 Å². The number of hydrogen-bond acceptors (Lipinski definition) is 3. The summed E-state index contributed by atoms with van der Waals surface area (Å²) in [5, 5.41) is 0. The Morgan fingerprint density at radius 2 is 1.71 bits per heavy atom. The minimum Gasteiger partial charge on any atom is -0.326 e. The highest BCUT2D eigenvalue weighted by Crippen LogP contribution is 2.12. The molecular weight excluding hydrogens is 234 g/mol. The fourth-order valence-corrected chi connectivity index (χ4v) is 3.56. The molecule has 1 aromatic carbocycles. The second kappa shape index (κ2) is 6.17. The second-order valence-corrected chi connectivity index (χ2v) is 6.70. The molecule has 1 rings (SSSR count). The van der Waals surface area contributed by atoms with Crippen molar-refractivity contribution in [3.05, 3.63) is 35.4 Å². The van der Waals surface area contributed by atoms with Crippen LogP contribution < -0.4 is 5.73 Å². The number of nitrogens with two attached hydrogens (primary N) is 1. The van der Waals surface area contributed by atoms with Crippen molar-refractivity contribution in [3.8, 4) is 0 Å². The zero-order chi connectivity index (χ0) is 12.9. The summed E-state index contributed by atoms with van der Waals surface area (Å²) >= 11 is 0. The third-order valence-corrected chi connectivity index (χ3v) is 4.73. The van der Waals surface area contributed by atoms with Gasteiger partial charge in [0.25, 0.3) is 0 Å². The van der Waals surface area contributed by atoms with Crippen molar-refractivity contribution in [3.63, 3.8) is 0 Å². The van der Waals surface area contributed by atoms with E-state index in [1.165, 1.54) is 0 Å². The van der Waals surface area contributed by atoms with E-state index in [4.69, 9.17) is 5.73 Å². The Bertz CT molecular complexity index is 437. The van der Waals surface area contributed by atoms with Gasteiger partial charge in [0, 0.05) is 6.54 Å². The second-order valence-electron chi connectivity index (χ2n) is 4.59. The zero-order valence-electron chi connectivity index (χ0n) is 10.5. The van der Waals surface area contributed by atoms with Gasteiger partial charge in [-0.2, -0.15) is 0 Å². The summed E-state index contributed by atoms with van der Waals surface area (Å²) in [7, 11) is -3.00. The van der Waals surface area contributed by atoms with Crippen molar-refractivity contribution in [2.45, 2.75) is 32.6 Å². The van der Waals surface area contributed by atoms with Crippen molar-refractivity contribution in [1.82, 2.24) is 0 Å². The first kappa shape index (κ1) is 14.2. The van der Waals surface area contributed by atoms with Crippen molar-refractivity contribution >= 4 is 9.84 Å². The Labute approximate surface area is 104 Å². The van der Waals surface area contributed by atoms with Gasteiger partial charge in [-0.25, -0.2) is 8.42 Å². The van der Waals surface area contributed by atoms with Gasteiger partial charge in [-0.05, 0) is 17.0 Å². The van der Waals surface area contributed by atoms with Crippen LogP contribution in [0.25, 0.3) is 0 Å². The van der Waals surface area contributed by atoms with Crippen LogP contribution in [0.1, 0.15) is 31.4 Å². The average molecular weight is 255 g/mol. The maximum Gasteiger partial charge on any atom is 0.154 e. The molecule has 0 saturated carbocycles. The molecule has 0 bridgehead atoms. The molecule has 17 heavy (non-hydrogen) atoms. The van der Waals surface area contributed by atoms with Gasteiger partial charge in [0.15, 0.2) is 9.84 Å². The van der Waals surface area contributed by atoms with Crippen LogP contribution >= 0.6 is 0 Å². The van der Waals surface area contributed by atoms with Crippen LogP contribution in [-0.2, 0) is 22.1 Å². The summed E-state index contributed by atoms with van der Waals surface area (Å²) < 4.78 is 23.8. The standard InChI is InChI=1S/C13H21NO2S/c1-3-11(2)9-17(15,16)10-13-6-4-12(8-14)5-7-13/h4-7,11H,3,8-10,14H2,1-2H3. The number of hydrogen-bond donors (Lipinski definition) is 1. The van der Waals surface area contributed by atoms with Crippen LogP contribution in [0.3, 0.4) is 0 Å².